The molecule has 0 aliphatic carbocycles. The number of likely N-dealkylation sites (tertiary alicyclic amines) is 1. The van der Waals surface area contributed by atoms with Crippen molar-refractivity contribution >= 4 is 11.8 Å². The van der Waals surface area contributed by atoms with Crippen molar-refractivity contribution in [1.29, 1.82) is 0 Å². The molecule has 5 heteroatoms. The third-order valence-corrected chi connectivity index (χ3v) is 3.53. The maximum atomic E-state index is 11.6. The molecule has 0 N–H and O–H groups in total. The molecule has 94 valence electrons. The van der Waals surface area contributed by atoms with Gasteiger partial charge in [0.2, 0.25) is 11.8 Å². The molecule has 2 heterocycles. The van der Waals surface area contributed by atoms with Crippen LogP contribution in [0.2, 0.25) is 0 Å². The Morgan fingerprint density at radius 2 is 1.82 bits per heavy atom. The van der Waals surface area contributed by atoms with Crippen LogP contribution in [0.25, 0.3) is 0 Å². The molecule has 0 spiro atoms. The maximum absolute atomic E-state index is 11.6. The molecule has 2 rings (SSSR count). The summed E-state index contributed by atoms with van der Waals surface area (Å²) in [5, 5.41) is 0. The van der Waals surface area contributed by atoms with Crippen LogP contribution in [-0.2, 0) is 9.59 Å². The molecule has 0 radical (unpaired) electrons. The van der Waals surface area contributed by atoms with Crippen LogP contribution in [0.4, 0.5) is 0 Å². The molecule has 2 aliphatic rings. The lowest BCUT2D eigenvalue weighted by molar-refractivity contribution is -0.148. The Morgan fingerprint density at radius 1 is 1.18 bits per heavy atom. The summed E-state index contributed by atoms with van der Waals surface area (Å²) in [5.41, 5.74) is 0. The Kier molecular flexibility index (Phi) is 3.36. The molecule has 2 aliphatic heterocycles. The fraction of sp³-hybridized carbons (Fsp3) is 0.667. The number of hydrogen-bond donors (Lipinski definition) is 0. The van der Waals surface area contributed by atoms with E-state index in [4.69, 9.17) is 0 Å². The van der Waals surface area contributed by atoms with E-state index in [0.717, 1.165) is 0 Å². The van der Waals surface area contributed by atoms with Crippen molar-refractivity contribution in [3.63, 3.8) is 0 Å². The van der Waals surface area contributed by atoms with Crippen molar-refractivity contribution in [1.82, 2.24) is 14.7 Å². The van der Waals surface area contributed by atoms with Gasteiger partial charge in [-0.15, -0.1) is 0 Å². The lowest BCUT2D eigenvalue weighted by atomic mass is 10.1. The number of amides is 2. The van der Waals surface area contributed by atoms with Crippen molar-refractivity contribution in [3.8, 4) is 0 Å². The van der Waals surface area contributed by atoms with Crippen LogP contribution in [0.1, 0.15) is 26.2 Å². The normalized spacial score (nSPS) is 25.1. The molecule has 0 aromatic carbocycles. The Balaban J connectivity index is 1.87. The van der Waals surface area contributed by atoms with E-state index in [1.165, 1.54) is 4.90 Å². The summed E-state index contributed by atoms with van der Waals surface area (Å²) < 4.78 is 0. The first-order valence-corrected chi connectivity index (χ1v) is 6.09. The van der Waals surface area contributed by atoms with Gasteiger partial charge < -0.3 is 9.80 Å². The summed E-state index contributed by atoms with van der Waals surface area (Å²) in [6.07, 6.45) is 6.03. The van der Waals surface area contributed by atoms with E-state index in [1.807, 2.05) is 19.4 Å². The second kappa shape index (κ2) is 4.77. The molecule has 0 bridgehead atoms. The monoisotopic (exact) mass is 237 g/mol. The molecule has 17 heavy (non-hydrogen) atoms. The van der Waals surface area contributed by atoms with E-state index in [-0.39, 0.29) is 11.8 Å². The molecule has 0 saturated carbocycles. The minimum Gasteiger partial charge on any atom is -0.359 e. The molecule has 1 unspecified atom stereocenters. The quantitative estimate of drug-likeness (QED) is 0.674. The van der Waals surface area contributed by atoms with E-state index >= 15 is 0 Å². The van der Waals surface area contributed by atoms with Gasteiger partial charge in [0.1, 0.15) is 0 Å². The summed E-state index contributed by atoms with van der Waals surface area (Å²) in [6.45, 7) is 3.31. The minimum atomic E-state index is -0.0227. The average molecular weight is 237 g/mol. The van der Waals surface area contributed by atoms with E-state index in [2.05, 4.69) is 16.7 Å². The largest absolute Gasteiger partial charge is 0.359 e. The number of carbonyl (C=O) groups excluding carboxylic acids is 2. The Labute approximate surface area is 102 Å². The molecule has 1 fully saturated rings. The fourth-order valence-corrected chi connectivity index (χ4v) is 2.20. The molecule has 5 nitrogen and oxygen atoms in total. The highest BCUT2D eigenvalue weighted by Gasteiger charge is 2.27. The average Bonchev–Trinajstić information content (AvgIpc) is 2.60. The zero-order valence-corrected chi connectivity index (χ0v) is 10.4. The van der Waals surface area contributed by atoms with Crippen LogP contribution in [0.15, 0.2) is 12.4 Å². The number of carbonyl (C=O) groups is 2. The van der Waals surface area contributed by atoms with Crippen LogP contribution in [0, 0.1) is 0 Å². The summed E-state index contributed by atoms with van der Waals surface area (Å²) in [5.74, 6) is -0.0455. The number of hydrogen-bond acceptors (Lipinski definition) is 4. The molecule has 0 aromatic heterocycles. The fourth-order valence-electron chi connectivity index (χ4n) is 2.20. The highest BCUT2D eigenvalue weighted by atomic mass is 16.2. The molecular weight excluding hydrogens is 218 g/mol. The lowest BCUT2D eigenvalue weighted by Gasteiger charge is -2.30. The van der Waals surface area contributed by atoms with E-state index in [9.17, 15) is 9.59 Å². The first-order valence-electron chi connectivity index (χ1n) is 6.09. The summed E-state index contributed by atoms with van der Waals surface area (Å²) in [7, 11) is 2.01. The van der Waals surface area contributed by atoms with Crippen molar-refractivity contribution in [2.75, 3.05) is 20.1 Å². The smallest absolute Gasteiger partial charge is 0.229 e. The van der Waals surface area contributed by atoms with Gasteiger partial charge in [-0.25, -0.2) is 0 Å². The van der Waals surface area contributed by atoms with Gasteiger partial charge in [0, 0.05) is 45.4 Å². The number of nitrogens with zero attached hydrogens (tertiary/aromatic N) is 3. The van der Waals surface area contributed by atoms with Gasteiger partial charge in [0.15, 0.2) is 0 Å². The molecule has 2 amide bonds. The van der Waals surface area contributed by atoms with Crippen molar-refractivity contribution in [2.45, 2.75) is 32.4 Å². The SMILES string of the molecule is CC1N(C)C=CN1CCN1C(=O)CCCC1=O. The Hall–Kier alpha value is -1.52. The van der Waals surface area contributed by atoms with Gasteiger partial charge >= 0.3 is 0 Å². The summed E-state index contributed by atoms with van der Waals surface area (Å²) >= 11 is 0. The first kappa shape index (κ1) is 12.0. The van der Waals surface area contributed by atoms with Gasteiger partial charge in [-0.05, 0) is 13.3 Å². The summed E-state index contributed by atoms with van der Waals surface area (Å²) in [6, 6.07) is 0. The third kappa shape index (κ3) is 2.43. The predicted octanol–water partition coefficient (Wildman–Crippen LogP) is 0.590. The van der Waals surface area contributed by atoms with E-state index in [0.29, 0.717) is 38.5 Å². The number of piperidine rings is 1. The van der Waals surface area contributed by atoms with Crippen molar-refractivity contribution < 1.29 is 9.59 Å². The van der Waals surface area contributed by atoms with Crippen LogP contribution in [-0.4, -0.2) is 52.8 Å². The molecular formula is C12H19N3O2. The van der Waals surface area contributed by atoms with Gasteiger partial charge in [-0.1, -0.05) is 0 Å². The zero-order valence-electron chi connectivity index (χ0n) is 10.4. The standard InChI is InChI=1S/C12H19N3O2/c1-10-13(2)6-7-14(10)8-9-15-11(16)4-3-5-12(15)17/h6-7,10H,3-5,8-9H2,1-2H3. The third-order valence-electron chi connectivity index (χ3n) is 3.53. The molecule has 0 aromatic rings. The van der Waals surface area contributed by atoms with Crippen LogP contribution >= 0.6 is 0 Å². The lowest BCUT2D eigenvalue weighted by Crippen LogP contribution is -2.45. The van der Waals surface area contributed by atoms with Crippen LogP contribution in [0.5, 0.6) is 0 Å². The van der Waals surface area contributed by atoms with Gasteiger partial charge in [0.25, 0.3) is 0 Å². The number of imide groups is 1. The van der Waals surface area contributed by atoms with Crippen LogP contribution in [0.3, 0.4) is 0 Å². The minimum absolute atomic E-state index is 0.0227. The maximum Gasteiger partial charge on any atom is 0.229 e. The zero-order chi connectivity index (χ0) is 12.4. The highest BCUT2D eigenvalue weighted by molar-refractivity contribution is 5.97. The Morgan fingerprint density at radius 3 is 2.35 bits per heavy atom. The van der Waals surface area contributed by atoms with Crippen LogP contribution < -0.4 is 0 Å². The molecule has 1 saturated heterocycles. The van der Waals surface area contributed by atoms with Crippen molar-refractivity contribution in [3.05, 3.63) is 12.4 Å². The van der Waals surface area contributed by atoms with Gasteiger partial charge in [-0.2, -0.15) is 0 Å². The predicted molar refractivity (Wildman–Crippen MR) is 63.6 cm³/mol. The topological polar surface area (TPSA) is 43.9 Å². The second-order valence-electron chi connectivity index (χ2n) is 4.63. The number of rotatable bonds is 3. The first-order chi connectivity index (χ1) is 8.09. The molecule has 1 atom stereocenters. The van der Waals surface area contributed by atoms with Gasteiger partial charge in [-0.3, -0.25) is 14.5 Å². The van der Waals surface area contributed by atoms with Crippen molar-refractivity contribution in [2.24, 2.45) is 0 Å². The van der Waals surface area contributed by atoms with Gasteiger partial charge in [0.05, 0.1) is 6.17 Å². The summed E-state index contributed by atoms with van der Waals surface area (Å²) in [4.78, 5) is 28.9. The highest BCUT2D eigenvalue weighted by Crippen LogP contribution is 2.15. The Bertz CT molecular complexity index is 338. The van der Waals surface area contributed by atoms with E-state index < -0.39 is 0 Å². The van der Waals surface area contributed by atoms with E-state index in [1.54, 1.807) is 0 Å². The second-order valence-corrected chi connectivity index (χ2v) is 4.63.